The predicted molar refractivity (Wildman–Crippen MR) is 66.6 cm³/mol. The molecule has 0 amide bonds. The number of aromatic carboxylic acids is 1. The minimum Gasteiger partial charge on any atom is -0.477 e. The monoisotopic (exact) mass is 264 g/mol. The number of nitrogens with one attached hydrogen (secondary N) is 1. The largest absolute Gasteiger partial charge is 0.477 e. The first-order chi connectivity index (χ1) is 9.07. The van der Waals surface area contributed by atoms with Gasteiger partial charge < -0.3 is 9.84 Å². The van der Waals surface area contributed by atoms with E-state index in [0.717, 1.165) is 24.8 Å². The number of pyridine rings is 1. The molecule has 0 aromatic carbocycles. The third kappa shape index (κ3) is 2.73. The maximum absolute atomic E-state index is 11.7. The number of hydrogen-bond acceptors (Lipinski definition) is 5. The molecule has 0 spiro atoms. The van der Waals surface area contributed by atoms with Gasteiger partial charge in [0.25, 0.3) is 0 Å². The van der Waals surface area contributed by atoms with E-state index in [1.807, 2.05) is 0 Å². The summed E-state index contributed by atoms with van der Waals surface area (Å²) < 4.78 is 4.80. The maximum Gasteiger partial charge on any atom is 0.354 e. The summed E-state index contributed by atoms with van der Waals surface area (Å²) in [6.45, 7) is 0.460. The molecule has 1 aliphatic carbocycles. The Morgan fingerprint density at radius 3 is 2.63 bits per heavy atom. The lowest BCUT2D eigenvalue weighted by Crippen LogP contribution is -2.57. The average Bonchev–Trinajstić information content (AvgIpc) is 2.37. The molecule has 0 unspecified atom stereocenters. The molecule has 0 saturated heterocycles. The SMILES string of the molecule is COC(=O)C1(NCc2ccc(C(=O)O)nc2)CCC1. The lowest BCUT2D eigenvalue weighted by atomic mass is 9.76. The number of carbonyl (C=O) groups is 2. The van der Waals surface area contributed by atoms with Gasteiger partial charge in [-0.1, -0.05) is 6.07 Å². The molecule has 0 bridgehead atoms. The van der Waals surface area contributed by atoms with Crippen LogP contribution in [0.1, 0.15) is 35.3 Å². The molecule has 1 aromatic rings. The van der Waals surface area contributed by atoms with Crippen molar-refractivity contribution >= 4 is 11.9 Å². The van der Waals surface area contributed by atoms with Crippen molar-refractivity contribution < 1.29 is 19.4 Å². The zero-order valence-electron chi connectivity index (χ0n) is 10.7. The zero-order valence-corrected chi connectivity index (χ0v) is 10.7. The van der Waals surface area contributed by atoms with E-state index < -0.39 is 11.5 Å². The zero-order chi connectivity index (χ0) is 13.9. The highest BCUT2D eigenvalue weighted by molar-refractivity contribution is 5.85. The van der Waals surface area contributed by atoms with Crippen LogP contribution >= 0.6 is 0 Å². The van der Waals surface area contributed by atoms with E-state index in [2.05, 4.69) is 10.3 Å². The van der Waals surface area contributed by atoms with E-state index >= 15 is 0 Å². The van der Waals surface area contributed by atoms with E-state index in [1.54, 1.807) is 6.07 Å². The van der Waals surface area contributed by atoms with E-state index in [4.69, 9.17) is 9.84 Å². The van der Waals surface area contributed by atoms with E-state index in [1.165, 1.54) is 19.4 Å². The summed E-state index contributed by atoms with van der Waals surface area (Å²) in [5, 5.41) is 11.9. The maximum atomic E-state index is 11.7. The van der Waals surface area contributed by atoms with E-state index in [0.29, 0.717) is 6.54 Å². The van der Waals surface area contributed by atoms with Crippen LogP contribution in [0.2, 0.25) is 0 Å². The predicted octanol–water partition coefficient (Wildman–Crippen LogP) is 0.965. The van der Waals surface area contributed by atoms with Crippen molar-refractivity contribution in [3.63, 3.8) is 0 Å². The van der Waals surface area contributed by atoms with Gasteiger partial charge in [-0.25, -0.2) is 9.78 Å². The molecule has 1 fully saturated rings. The van der Waals surface area contributed by atoms with Crippen LogP contribution in [0.5, 0.6) is 0 Å². The Morgan fingerprint density at radius 2 is 2.21 bits per heavy atom. The number of methoxy groups -OCH3 is 1. The fourth-order valence-electron chi connectivity index (χ4n) is 2.11. The fourth-order valence-corrected chi connectivity index (χ4v) is 2.11. The molecular weight excluding hydrogens is 248 g/mol. The van der Waals surface area contributed by atoms with Crippen molar-refractivity contribution in [2.45, 2.75) is 31.3 Å². The van der Waals surface area contributed by atoms with Crippen LogP contribution in [-0.4, -0.2) is 34.7 Å². The summed E-state index contributed by atoms with van der Waals surface area (Å²) in [5.41, 5.74) is 0.260. The first-order valence-corrected chi connectivity index (χ1v) is 6.09. The van der Waals surface area contributed by atoms with Gasteiger partial charge in [-0.15, -0.1) is 0 Å². The number of carbonyl (C=O) groups excluding carboxylic acids is 1. The number of hydrogen-bond donors (Lipinski definition) is 2. The Bertz CT molecular complexity index is 480. The van der Waals surface area contributed by atoms with Crippen molar-refractivity contribution in [2.75, 3.05) is 7.11 Å². The highest BCUT2D eigenvalue weighted by atomic mass is 16.5. The summed E-state index contributed by atoms with van der Waals surface area (Å²) in [6, 6.07) is 3.14. The number of carboxylic acids is 1. The minimum atomic E-state index is -1.05. The Balaban J connectivity index is 1.98. The van der Waals surface area contributed by atoms with Gasteiger partial charge in [-0.05, 0) is 30.9 Å². The van der Waals surface area contributed by atoms with Crippen LogP contribution in [0.3, 0.4) is 0 Å². The van der Waals surface area contributed by atoms with Crippen LogP contribution in [0.4, 0.5) is 0 Å². The first kappa shape index (κ1) is 13.5. The number of carboxylic acid groups (broad SMARTS) is 1. The summed E-state index contributed by atoms with van der Waals surface area (Å²) in [7, 11) is 1.38. The highest BCUT2D eigenvalue weighted by Gasteiger charge is 2.44. The quantitative estimate of drug-likeness (QED) is 0.770. The normalized spacial score (nSPS) is 16.5. The third-order valence-electron chi connectivity index (χ3n) is 3.46. The Kier molecular flexibility index (Phi) is 3.80. The molecule has 0 atom stereocenters. The van der Waals surface area contributed by atoms with Crippen molar-refractivity contribution in [3.8, 4) is 0 Å². The third-order valence-corrected chi connectivity index (χ3v) is 3.46. The summed E-state index contributed by atoms with van der Waals surface area (Å²) in [4.78, 5) is 26.2. The lowest BCUT2D eigenvalue weighted by Gasteiger charge is -2.39. The number of aromatic nitrogens is 1. The topological polar surface area (TPSA) is 88.5 Å². The summed E-state index contributed by atoms with van der Waals surface area (Å²) >= 11 is 0. The summed E-state index contributed by atoms with van der Waals surface area (Å²) in [6.07, 6.45) is 4.03. The summed E-state index contributed by atoms with van der Waals surface area (Å²) in [5.74, 6) is -1.29. The number of esters is 1. The van der Waals surface area contributed by atoms with Gasteiger partial charge in [-0.2, -0.15) is 0 Å². The molecule has 1 saturated carbocycles. The average molecular weight is 264 g/mol. The second kappa shape index (κ2) is 5.36. The molecule has 6 heteroatoms. The van der Waals surface area contributed by atoms with Gasteiger partial charge in [0.05, 0.1) is 7.11 Å². The van der Waals surface area contributed by atoms with Gasteiger partial charge in [0.15, 0.2) is 0 Å². The van der Waals surface area contributed by atoms with Crippen LogP contribution in [0.15, 0.2) is 18.3 Å². The second-order valence-electron chi connectivity index (χ2n) is 4.64. The van der Waals surface area contributed by atoms with Crippen LogP contribution in [0.25, 0.3) is 0 Å². The molecule has 1 aliphatic rings. The second-order valence-corrected chi connectivity index (χ2v) is 4.64. The molecule has 0 aliphatic heterocycles. The van der Waals surface area contributed by atoms with E-state index in [-0.39, 0.29) is 11.7 Å². The van der Waals surface area contributed by atoms with Crippen molar-refractivity contribution in [2.24, 2.45) is 0 Å². The molecule has 1 aromatic heterocycles. The first-order valence-electron chi connectivity index (χ1n) is 6.09. The Hall–Kier alpha value is -1.95. The lowest BCUT2D eigenvalue weighted by molar-refractivity contribution is -0.152. The van der Waals surface area contributed by atoms with Gasteiger partial charge in [0.1, 0.15) is 11.2 Å². The van der Waals surface area contributed by atoms with Crippen LogP contribution in [0, 0.1) is 0 Å². The number of nitrogens with zero attached hydrogens (tertiary/aromatic N) is 1. The molecule has 1 heterocycles. The smallest absolute Gasteiger partial charge is 0.354 e. The van der Waals surface area contributed by atoms with Gasteiger partial charge in [0, 0.05) is 12.7 Å². The van der Waals surface area contributed by atoms with E-state index in [9.17, 15) is 9.59 Å². The molecule has 2 N–H and O–H groups in total. The molecule has 0 radical (unpaired) electrons. The van der Waals surface area contributed by atoms with Crippen LogP contribution < -0.4 is 5.32 Å². The minimum absolute atomic E-state index is 0.00933. The highest BCUT2D eigenvalue weighted by Crippen LogP contribution is 2.33. The molecule has 2 rings (SSSR count). The molecular formula is C13H16N2O4. The van der Waals surface area contributed by atoms with Crippen LogP contribution in [-0.2, 0) is 16.1 Å². The van der Waals surface area contributed by atoms with Gasteiger partial charge in [-0.3, -0.25) is 10.1 Å². The molecule has 102 valence electrons. The Morgan fingerprint density at radius 1 is 1.47 bits per heavy atom. The molecule has 19 heavy (non-hydrogen) atoms. The fraction of sp³-hybridized carbons (Fsp3) is 0.462. The number of rotatable bonds is 5. The standard InChI is InChI=1S/C13H16N2O4/c1-19-12(18)13(5-2-6-13)15-8-9-3-4-10(11(16)17)14-7-9/h3-4,7,15H,2,5-6,8H2,1H3,(H,16,17). The van der Waals surface area contributed by atoms with Gasteiger partial charge in [0.2, 0.25) is 0 Å². The number of ether oxygens (including phenoxy) is 1. The van der Waals surface area contributed by atoms with Gasteiger partial charge >= 0.3 is 11.9 Å². The Labute approximate surface area is 110 Å². The van der Waals surface area contributed by atoms with Crippen molar-refractivity contribution in [3.05, 3.63) is 29.6 Å². The van der Waals surface area contributed by atoms with Crippen molar-refractivity contribution in [1.29, 1.82) is 0 Å². The molecule has 6 nitrogen and oxygen atoms in total. The van der Waals surface area contributed by atoms with Crippen molar-refractivity contribution in [1.82, 2.24) is 10.3 Å².